The molecule has 168 valence electrons. The molecule has 1 amide bonds. The summed E-state index contributed by atoms with van der Waals surface area (Å²) in [4.78, 5) is 18.6. The quantitative estimate of drug-likeness (QED) is 0.686. The van der Waals surface area contributed by atoms with Gasteiger partial charge >= 0.3 is 6.09 Å². The molecule has 0 radical (unpaired) electrons. The van der Waals surface area contributed by atoms with Crippen LogP contribution in [0, 0.1) is 11.6 Å². The molecule has 1 saturated heterocycles. The van der Waals surface area contributed by atoms with E-state index in [1.54, 1.807) is 20.8 Å². The summed E-state index contributed by atoms with van der Waals surface area (Å²) >= 11 is 0. The first-order chi connectivity index (χ1) is 14.6. The summed E-state index contributed by atoms with van der Waals surface area (Å²) in [6, 6.07) is 3.42. The predicted molar refractivity (Wildman–Crippen MR) is 111 cm³/mol. The normalized spacial score (nSPS) is 14.9. The summed E-state index contributed by atoms with van der Waals surface area (Å²) in [6.45, 7) is 7.91. The fraction of sp³-hybridized carbons (Fsp3) is 0.429. The molecule has 0 saturated carbocycles. The maximum absolute atomic E-state index is 14.3. The Morgan fingerprint density at radius 2 is 1.90 bits per heavy atom. The third kappa shape index (κ3) is 6.25. The topological polar surface area (TPSA) is 98.9 Å². The minimum Gasteiger partial charge on any atom is -0.451 e. The maximum atomic E-state index is 14.3. The molecule has 2 heterocycles. The maximum Gasteiger partial charge on any atom is 0.413 e. The lowest BCUT2D eigenvalue weighted by molar-refractivity contribution is 0.0339. The van der Waals surface area contributed by atoms with Gasteiger partial charge in [-0.05, 0) is 26.8 Å². The van der Waals surface area contributed by atoms with Gasteiger partial charge in [0.25, 0.3) is 0 Å². The molecule has 0 unspecified atom stereocenters. The number of aromatic nitrogens is 1. The van der Waals surface area contributed by atoms with E-state index in [2.05, 4.69) is 15.2 Å². The molecular weight excluding hydrogens is 410 g/mol. The average molecular weight is 436 g/mol. The number of rotatable bonds is 5. The Bertz CT molecular complexity index is 920. The molecular formula is C21H26F2N4O4. The van der Waals surface area contributed by atoms with Crippen LogP contribution in [0.5, 0.6) is 11.5 Å². The molecule has 2 aromatic rings. The van der Waals surface area contributed by atoms with Crippen molar-refractivity contribution in [3.63, 3.8) is 0 Å². The molecule has 8 nitrogen and oxygen atoms in total. The van der Waals surface area contributed by atoms with Gasteiger partial charge in [0.1, 0.15) is 17.2 Å². The molecule has 1 fully saturated rings. The Morgan fingerprint density at radius 3 is 2.52 bits per heavy atom. The molecule has 0 aliphatic carbocycles. The van der Waals surface area contributed by atoms with E-state index in [1.807, 2.05) is 0 Å². The average Bonchev–Trinajstić information content (AvgIpc) is 2.66. The van der Waals surface area contributed by atoms with Crippen molar-refractivity contribution in [1.82, 2.24) is 9.88 Å². The molecule has 1 aliphatic heterocycles. The number of carbonyl (C=O) groups excluding carboxylic acids is 1. The summed E-state index contributed by atoms with van der Waals surface area (Å²) in [5, 5.41) is 2.60. The molecule has 1 aromatic heterocycles. The lowest BCUT2D eigenvalue weighted by atomic mass is 10.2. The number of morpholine rings is 1. The van der Waals surface area contributed by atoms with Gasteiger partial charge in [0, 0.05) is 43.7 Å². The summed E-state index contributed by atoms with van der Waals surface area (Å²) in [7, 11) is 0. The van der Waals surface area contributed by atoms with Crippen LogP contribution in [-0.2, 0) is 16.0 Å². The van der Waals surface area contributed by atoms with Crippen LogP contribution in [0.4, 0.5) is 25.1 Å². The molecule has 0 atom stereocenters. The van der Waals surface area contributed by atoms with Crippen molar-refractivity contribution in [1.29, 1.82) is 0 Å². The molecule has 31 heavy (non-hydrogen) atoms. The summed E-state index contributed by atoms with van der Waals surface area (Å²) in [6.07, 6.45) is 0.669. The van der Waals surface area contributed by atoms with Crippen molar-refractivity contribution in [2.45, 2.75) is 32.9 Å². The van der Waals surface area contributed by atoms with Crippen molar-refractivity contribution < 1.29 is 27.8 Å². The van der Waals surface area contributed by atoms with Crippen LogP contribution >= 0.6 is 0 Å². The van der Waals surface area contributed by atoms with Crippen LogP contribution < -0.4 is 15.8 Å². The largest absolute Gasteiger partial charge is 0.451 e. The van der Waals surface area contributed by atoms with Crippen molar-refractivity contribution in [2.75, 3.05) is 37.4 Å². The first-order valence-corrected chi connectivity index (χ1v) is 9.83. The fourth-order valence-corrected chi connectivity index (χ4v) is 3.00. The third-order valence-corrected chi connectivity index (χ3v) is 4.35. The Labute approximate surface area is 179 Å². The van der Waals surface area contributed by atoms with Crippen LogP contribution in [0.25, 0.3) is 0 Å². The van der Waals surface area contributed by atoms with Gasteiger partial charge in [-0.15, -0.1) is 0 Å². The monoisotopic (exact) mass is 436 g/mol. The Balaban J connectivity index is 1.94. The number of hydrogen-bond donors (Lipinski definition) is 2. The number of nitrogen functional groups attached to an aromatic ring is 1. The zero-order valence-electron chi connectivity index (χ0n) is 17.7. The van der Waals surface area contributed by atoms with E-state index in [4.69, 9.17) is 19.9 Å². The number of ether oxygens (including phenoxy) is 3. The van der Waals surface area contributed by atoms with Gasteiger partial charge in [0.15, 0.2) is 17.4 Å². The van der Waals surface area contributed by atoms with Crippen LogP contribution in [0.2, 0.25) is 0 Å². The molecule has 1 aliphatic rings. The highest BCUT2D eigenvalue weighted by atomic mass is 19.1. The zero-order valence-corrected chi connectivity index (χ0v) is 17.7. The standard InChI is InChI=1S/C21H26F2N4O4/c1-21(2,3)31-20(28)26-19-14(12-27-6-8-29-9-7-27)17(4-5-25-19)30-18-15(22)10-13(24)11-16(18)23/h4-5,10-11H,6-9,12,24H2,1-3H3,(H,25,26,28). The zero-order chi connectivity index (χ0) is 22.6. The van der Waals surface area contributed by atoms with Crippen molar-refractivity contribution in [3.8, 4) is 11.5 Å². The van der Waals surface area contributed by atoms with Gasteiger partial charge in [-0.25, -0.2) is 18.6 Å². The number of anilines is 2. The number of hydrogen-bond acceptors (Lipinski definition) is 7. The SMILES string of the molecule is CC(C)(C)OC(=O)Nc1nccc(Oc2c(F)cc(N)cc2F)c1CN1CCOCC1. The highest BCUT2D eigenvalue weighted by Gasteiger charge is 2.23. The highest BCUT2D eigenvalue weighted by molar-refractivity contribution is 5.85. The Morgan fingerprint density at radius 1 is 1.26 bits per heavy atom. The number of nitrogens with zero attached hydrogens (tertiary/aromatic N) is 2. The van der Waals surface area contributed by atoms with E-state index in [0.29, 0.717) is 38.4 Å². The van der Waals surface area contributed by atoms with Gasteiger partial charge in [0.2, 0.25) is 0 Å². The third-order valence-electron chi connectivity index (χ3n) is 4.35. The first-order valence-electron chi connectivity index (χ1n) is 9.83. The minimum absolute atomic E-state index is 0.0575. The number of benzene rings is 1. The Hall–Kier alpha value is -2.98. The highest BCUT2D eigenvalue weighted by Crippen LogP contribution is 2.34. The predicted octanol–water partition coefficient (Wildman–Crippen LogP) is 3.91. The van der Waals surface area contributed by atoms with Gasteiger partial charge in [-0.2, -0.15) is 0 Å². The van der Waals surface area contributed by atoms with Crippen molar-refractivity contribution in [3.05, 3.63) is 41.6 Å². The van der Waals surface area contributed by atoms with E-state index in [9.17, 15) is 13.6 Å². The number of pyridine rings is 1. The summed E-state index contributed by atoms with van der Waals surface area (Å²) in [5.41, 5.74) is 5.16. The van der Waals surface area contributed by atoms with Crippen LogP contribution in [0.15, 0.2) is 24.4 Å². The lowest BCUT2D eigenvalue weighted by Crippen LogP contribution is -2.36. The first kappa shape index (κ1) is 22.7. The van der Waals surface area contributed by atoms with E-state index >= 15 is 0 Å². The summed E-state index contributed by atoms with van der Waals surface area (Å²) < 4.78 is 44.9. The second kappa shape index (κ2) is 9.44. The van der Waals surface area contributed by atoms with Gasteiger partial charge in [-0.1, -0.05) is 0 Å². The van der Waals surface area contributed by atoms with Gasteiger partial charge in [0.05, 0.1) is 18.8 Å². The number of nitrogens with one attached hydrogen (secondary N) is 1. The van der Waals surface area contributed by atoms with Crippen LogP contribution in [-0.4, -0.2) is 47.9 Å². The fourth-order valence-electron chi connectivity index (χ4n) is 3.00. The molecule has 1 aromatic carbocycles. The number of halogens is 2. The second-order valence-corrected chi connectivity index (χ2v) is 8.07. The van der Waals surface area contributed by atoms with E-state index in [-0.39, 0.29) is 17.3 Å². The van der Waals surface area contributed by atoms with Crippen molar-refractivity contribution in [2.24, 2.45) is 0 Å². The smallest absolute Gasteiger partial charge is 0.413 e. The van der Waals surface area contributed by atoms with Gasteiger partial charge in [-0.3, -0.25) is 10.2 Å². The van der Waals surface area contributed by atoms with E-state index < -0.39 is 29.1 Å². The molecule has 3 N–H and O–H groups in total. The summed E-state index contributed by atoms with van der Waals surface area (Å²) in [5.74, 6) is -2.14. The van der Waals surface area contributed by atoms with E-state index in [1.165, 1.54) is 12.3 Å². The van der Waals surface area contributed by atoms with Gasteiger partial charge < -0.3 is 19.9 Å². The molecule has 0 bridgehead atoms. The van der Waals surface area contributed by atoms with E-state index in [0.717, 1.165) is 12.1 Å². The number of nitrogens with two attached hydrogens (primary N) is 1. The number of amides is 1. The second-order valence-electron chi connectivity index (χ2n) is 8.07. The molecule has 0 spiro atoms. The minimum atomic E-state index is -0.937. The van der Waals surface area contributed by atoms with Crippen LogP contribution in [0.1, 0.15) is 26.3 Å². The molecule has 3 rings (SSSR count). The molecule has 10 heteroatoms. The Kier molecular flexibility index (Phi) is 6.91. The lowest BCUT2D eigenvalue weighted by Gasteiger charge is -2.28. The van der Waals surface area contributed by atoms with Crippen molar-refractivity contribution >= 4 is 17.6 Å². The number of carbonyl (C=O) groups is 1. The van der Waals surface area contributed by atoms with Crippen LogP contribution in [0.3, 0.4) is 0 Å².